The maximum Gasteiger partial charge on any atom is 0.126 e. The fourth-order valence-electron chi connectivity index (χ4n) is 1.57. The Morgan fingerprint density at radius 2 is 1.69 bits per heavy atom. The van der Waals surface area contributed by atoms with Crippen LogP contribution in [0.2, 0.25) is 0 Å². The van der Waals surface area contributed by atoms with Crippen LogP contribution in [0.1, 0.15) is 0 Å². The lowest BCUT2D eigenvalue weighted by Crippen LogP contribution is -1.90. The van der Waals surface area contributed by atoms with Gasteiger partial charge in [0.2, 0.25) is 0 Å². The second kappa shape index (κ2) is 5.42. The Balaban J connectivity index is 0.00000128. The average molecular weight is 236 g/mol. The zero-order chi connectivity index (χ0) is 10.7. The van der Waals surface area contributed by atoms with Crippen molar-refractivity contribution in [2.24, 2.45) is 0 Å². The summed E-state index contributed by atoms with van der Waals surface area (Å²) in [6.07, 6.45) is 0. The molecule has 0 bridgehead atoms. The smallest absolute Gasteiger partial charge is 0.126 e. The molecule has 0 aliphatic rings. The number of hydrogen-bond acceptors (Lipinski definition) is 2. The summed E-state index contributed by atoms with van der Waals surface area (Å²) in [5, 5.41) is 0. The monoisotopic (exact) mass is 235 g/mol. The third kappa shape index (κ3) is 2.47. The number of rotatable bonds is 2. The van der Waals surface area contributed by atoms with Gasteiger partial charge in [-0.3, -0.25) is 0 Å². The molecule has 2 nitrogen and oxygen atoms in total. The van der Waals surface area contributed by atoms with Crippen molar-refractivity contribution < 1.29 is 4.74 Å². The Hall–Kier alpha value is -1.67. The summed E-state index contributed by atoms with van der Waals surface area (Å²) in [6, 6.07) is 15.7. The number of hydrogen-bond donors (Lipinski definition) is 1. The van der Waals surface area contributed by atoms with E-state index in [-0.39, 0.29) is 12.4 Å². The predicted octanol–water partition coefficient (Wildman–Crippen LogP) is 3.37. The lowest BCUT2D eigenvalue weighted by Gasteiger charge is -2.09. The van der Waals surface area contributed by atoms with Crippen molar-refractivity contribution in [1.29, 1.82) is 0 Å². The molecule has 0 aliphatic carbocycles. The third-order valence-corrected chi connectivity index (χ3v) is 2.31. The third-order valence-electron chi connectivity index (χ3n) is 2.31. The quantitative estimate of drug-likeness (QED) is 0.810. The molecule has 0 amide bonds. The van der Waals surface area contributed by atoms with E-state index in [4.69, 9.17) is 10.5 Å². The summed E-state index contributed by atoms with van der Waals surface area (Å²) in [5.41, 5.74) is 8.65. The van der Waals surface area contributed by atoms with E-state index >= 15 is 0 Å². The van der Waals surface area contributed by atoms with E-state index in [9.17, 15) is 0 Å². The van der Waals surface area contributed by atoms with Crippen LogP contribution in [0.5, 0.6) is 5.75 Å². The van der Waals surface area contributed by atoms with Gasteiger partial charge in [-0.15, -0.1) is 12.4 Å². The van der Waals surface area contributed by atoms with Crippen molar-refractivity contribution in [1.82, 2.24) is 0 Å². The number of methoxy groups -OCH3 is 1. The molecule has 16 heavy (non-hydrogen) atoms. The fourth-order valence-corrected chi connectivity index (χ4v) is 1.57. The second-order valence-electron chi connectivity index (χ2n) is 3.33. The number of nitrogens with two attached hydrogens (primary N) is 1. The molecule has 0 heterocycles. The lowest BCUT2D eigenvalue weighted by atomic mass is 10.0. The standard InChI is InChI=1S/C13H13NO.ClH/c1-15-13-8-7-11(14)9-12(13)10-5-3-2-4-6-10;/h2-9H,14H2,1H3;1H. The number of anilines is 1. The molecule has 0 fully saturated rings. The van der Waals surface area contributed by atoms with Crippen LogP contribution < -0.4 is 10.5 Å². The molecule has 0 radical (unpaired) electrons. The second-order valence-corrected chi connectivity index (χ2v) is 3.33. The molecule has 3 heteroatoms. The zero-order valence-electron chi connectivity index (χ0n) is 9.01. The van der Waals surface area contributed by atoms with E-state index in [1.165, 1.54) is 0 Å². The minimum absolute atomic E-state index is 0. The largest absolute Gasteiger partial charge is 0.496 e. The van der Waals surface area contributed by atoms with Crippen LogP contribution in [0.15, 0.2) is 48.5 Å². The van der Waals surface area contributed by atoms with Crippen molar-refractivity contribution in [3.05, 3.63) is 48.5 Å². The van der Waals surface area contributed by atoms with E-state index in [2.05, 4.69) is 0 Å². The first-order chi connectivity index (χ1) is 7.31. The van der Waals surface area contributed by atoms with Gasteiger partial charge in [0.05, 0.1) is 7.11 Å². The Morgan fingerprint density at radius 1 is 1.00 bits per heavy atom. The van der Waals surface area contributed by atoms with Gasteiger partial charge in [0, 0.05) is 11.3 Å². The van der Waals surface area contributed by atoms with Crippen LogP contribution in [0.3, 0.4) is 0 Å². The summed E-state index contributed by atoms with van der Waals surface area (Å²) in [6.45, 7) is 0. The Bertz CT molecular complexity index is 457. The normalized spacial score (nSPS) is 9.31. The SMILES string of the molecule is COc1ccc(N)cc1-c1ccccc1.Cl. The van der Waals surface area contributed by atoms with Crippen molar-refractivity contribution >= 4 is 18.1 Å². The highest BCUT2D eigenvalue weighted by atomic mass is 35.5. The number of benzene rings is 2. The van der Waals surface area contributed by atoms with Crippen molar-refractivity contribution in [3.8, 4) is 16.9 Å². The van der Waals surface area contributed by atoms with Gasteiger partial charge in [-0.1, -0.05) is 30.3 Å². The highest BCUT2D eigenvalue weighted by molar-refractivity contribution is 5.85. The van der Waals surface area contributed by atoms with Gasteiger partial charge in [0.25, 0.3) is 0 Å². The van der Waals surface area contributed by atoms with E-state index in [1.807, 2.05) is 48.5 Å². The van der Waals surface area contributed by atoms with Gasteiger partial charge >= 0.3 is 0 Å². The summed E-state index contributed by atoms with van der Waals surface area (Å²) in [5.74, 6) is 0.843. The predicted molar refractivity (Wildman–Crippen MR) is 70.1 cm³/mol. The molecule has 0 aromatic heterocycles. The molecule has 2 aromatic rings. The van der Waals surface area contributed by atoms with Gasteiger partial charge in [-0.05, 0) is 23.8 Å². The summed E-state index contributed by atoms with van der Waals surface area (Å²) in [4.78, 5) is 0. The Labute approximate surface area is 101 Å². The van der Waals surface area contributed by atoms with Crippen LogP contribution in [0.4, 0.5) is 5.69 Å². The van der Waals surface area contributed by atoms with E-state index in [0.29, 0.717) is 0 Å². The minimum Gasteiger partial charge on any atom is -0.496 e. The molecule has 2 N–H and O–H groups in total. The maximum atomic E-state index is 5.76. The molecule has 0 saturated carbocycles. The number of ether oxygens (including phenoxy) is 1. The van der Waals surface area contributed by atoms with Gasteiger partial charge < -0.3 is 10.5 Å². The first kappa shape index (κ1) is 12.4. The molecule has 0 atom stereocenters. The highest BCUT2D eigenvalue weighted by Gasteiger charge is 2.04. The van der Waals surface area contributed by atoms with Gasteiger partial charge in [-0.2, -0.15) is 0 Å². The van der Waals surface area contributed by atoms with Crippen LogP contribution in [0, 0.1) is 0 Å². The maximum absolute atomic E-state index is 5.76. The number of nitrogen functional groups attached to an aromatic ring is 1. The Kier molecular flexibility index (Phi) is 4.20. The minimum atomic E-state index is 0. The summed E-state index contributed by atoms with van der Waals surface area (Å²) in [7, 11) is 1.66. The van der Waals surface area contributed by atoms with Crippen molar-refractivity contribution in [2.45, 2.75) is 0 Å². The Morgan fingerprint density at radius 3 is 2.31 bits per heavy atom. The zero-order valence-corrected chi connectivity index (χ0v) is 9.83. The summed E-state index contributed by atoms with van der Waals surface area (Å²) >= 11 is 0. The van der Waals surface area contributed by atoms with E-state index < -0.39 is 0 Å². The van der Waals surface area contributed by atoms with Crippen LogP contribution in [0.25, 0.3) is 11.1 Å². The summed E-state index contributed by atoms with van der Waals surface area (Å²) < 4.78 is 5.30. The molecule has 2 rings (SSSR count). The number of halogens is 1. The van der Waals surface area contributed by atoms with Crippen molar-refractivity contribution in [3.63, 3.8) is 0 Å². The van der Waals surface area contributed by atoms with Crippen LogP contribution in [-0.2, 0) is 0 Å². The fraction of sp³-hybridized carbons (Fsp3) is 0.0769. The van der Waals surface area contributed by atoms with E-state index in [1.54, 1.807) is 7.11 Å². The topological polar surface area (TPSA) is 35.2 Å². The first-order valence-electron chi connectivity index (χ1n) is 4.80. The highest BCUT2D eigenvalue weighted by Crippen LogP contribution is 2.31. The molecule has 2 aromatic carbocycles. The molecule has 84 valence electrons. The molecule has 0 unspecified atom stereocenters. The van der Waals surface area contributed by atoms with Gasteiger partial charge in [0.1, 0.15) is 5.75 Å². The molecule has 0 spiro atoms. The van der Waals surface area contributed by atoms with Gasteiger partial charge in [-0.25, -0.2) is 0 Å². The van der Waals surface area contributed by atoms with Crippen molar-refractivity contribution in [2.75, 3.05) is 12.8 Å². The molecular formula is C13H14ClNO. The average Bonchev–Trinajstić information content (AvgIpc) is 2.30. The van der Waals surface area contributed by atoms with Gasteiger partial charge in [0.15, 0.2) is 0 Å². The van der Waals surface area contributed by atoms with E-state index in [0.717, 1.165) is 22.6 Å². The molecule has 0 saturated heterocycles. The first-order valence-corrected chi connectivity index (χ1v) is 4.80. The van der Waals surface area contributed by atoms with Crippen LogP contribution in [-0.4, -0.2) is 7.11 Å². The molecule has 0 aliphatic heterocycles. The van der Waals surface area contributed by atoms with Crippen LogP contribution >= 0.6 is 12.4 Å². The lowest BCUT2D eigenvalue weighted by molar-refractivity contribution is 0.416. The molecular weight excluding hydrogens is 222 g/mol.